The van der Waals surface area contributed by atoms with E-state index in [0.29, 0.717) is 43.8 Å². The Morgan fingerprint density at radius 1 is 0.878 bits per heavy atom. The molecule has 15 nitrogen and oxygen atoms in total. The lowest BCUT2D eigenvalue weighted by atomic mass is 10.2. The Kier molecular flexibility index (Phi) is 8.16. The molecule has 1 aliphatic rings. The summed E-state index contributed by atoms with van der Waals surface area (Å²) < 4.78 is 11.2. The fraction of sp³-hybridized carbons (Fsp3) is 0.154. The number of hydrogen-bond donors (Lipinski definition) is 2. The summed E-state index contributed by atoms with van der Waals surface area (Å²) >= 11 is 0. The van der Waals surface area contributed by atoms with Crippen molar-refractivity contribution in [3.8, 4) is 11.5 Å². The Labute approximate surface area is 232 Å². The second-order valence-corrected chi connectivity index (χ2v) is 8.55. The predicted octanol–water partition coefficient (Wildman–Crippen LogP) is 4.51. The number of rotatable bonds is 10. The van der Waals surface area contributed by atoms with Gasteiger partial charge in [0.1, 0.15) is 5.75 Å². The fourth-order valence-electron chi connectivity index (χ4n) is 3.83. The number of nitrogens with zero attached hydrogens (tertiary/aromatic N) is 7. The SMILES string of the molecule is O=[N+]([O-])c1ccc(Oc2ccccc2/C=N\Nc2nc(Nc3ccccc3)nc(N3CCOCC3)n2)c([N+](=O)[O-])c1. The molecule has 0 radical (unpaired) electrons. The standard InChI is InChI=1S/C26H23N9O6/c36-34(37)20-10-11-23(21(16-20)35(38)39)41-22-9-5-4-6-18(22)17-27-32-25-29-24(28-19-7-2-1-3-8-19)30-26(31-25)33-12-14-40-15-13-33/h1-11,16-17H,12-15H2,(H2,28,29,30,31,32)/b27-17-. The predicted molar refractivity (Wildman–Crippen MR) is 150 cm³/mol. The lowest BCUT2D eigenvalue weighted by Crippen LogP contribution is -2.37. The number of non-ortho nitro benzene ring substituents is 1. The largest absolute Gasteiger partial charge is 0.449 e. The van der Waals surface area contributed by atoms with Gasteiger partial charge in [-0.3, -0.25) is 20.2 Å². The molecule has 1 fully saturated rings. The average Bonchev–Trinajstić information content (AvgIpc) is 2.99. The molecule has 2 heterocycles. The Bertz CT molecular complexity index is 1580. The maximum atomic E-state index is 11.5. The topological polar surface area (TPSA) is 183 Å². The number of nitrogens with one attached hydrogen (secondary N) is 2. The smallest absolute Gasteiger partial charge is 0.318 e. The third-order valence-electron chi connectivity index (χ3n) is 5.80. The number of benzene rings is 3. The molecule has 15 heteroatoms. The number of ether oxygens (including phenoxy) is 2. The van der Waals surface area contributed by atoms with Gasteiger partial charge in [-0.25, -0.2) is 5.43 Å². The summed E-state index contributed by atoms with van der Waals surface area (Å²) in [6, 6.07) is 19.3. The first kappa shape index (κ1) is 26.9. The molecular formula is C26H23N9O6. The van der Waals surface area contributed by atoms with Crippen LogP contribution in [0.4, 0.5) is 34.9 Å². The van der Waals surface area contributed by atoms with Gasteiger partial charge in [-0.15, -0.1) is 0 Å². The van der Waals surface area contributed by atoms with Gasteiger partial charge in [0, 0.05) is 30.4 Å². The second kappa shape index (κ2) is 12.4. The van der Waals surface area contributed by atoms with E-state index < -0.39 is 21.2 Å². The summed E-state index contributed by atoms with van der Waals surface area (Å²) in [6.45, 7) is 2.35. The molecule has 0 saturated carbocycles. The van der Waals surface area contributed by atoms with Crippen LogP contribution in [-0.4, -0.2) is 57.3 Å². The van der Waals surface area contributed by atoms with Crippen molar-refractivity contribution >= 4 is 41.1 Å². The van der Waals surface area contributed by atoms with Crippen molar-refractivity contribution in [3.05, 3.63) is 98.6 Å². The zero-order chi connectivity index (χ0) is 28.6. The molecule has 0 bridgehead atoms. The van der Waals surface area contributed by atoms with Crippen LogP contribution in [0.15, 0.2) is 77.9 Å². The normalized spacial score (nSPS) is 13.1. The van der Waals surface area contributed by atoms with Crippen molar-refractivity contribution < 1.29 is 19.3 Å². The van der Waals surface area contributed by atoms with Crippen LogP contribution in [0.1, 0.15) is 5.56 Å². The monoisotopic (exact) mass is 557 g/mol. The minimum absolute atomic E-state index is 0.154. The van der Waals surface area contributed by atoms with Gasteiger partial charge in [0.25, 0.3) is 5.69 Å². The van der Waals surface area contributed by atoms with Crippen molar-refractivity contribution in [2.24, 2.45) is 5.10 Å². The van der Waals surface area contributed by atoms with Crippen LogP contribution in [0.25, 0.3) is 0 Å². The maximum absolute atomic E-state index is 11.5. The minimum Gasteiger partial charge on any atom is -0.449 e. The van der Waals surface area contributed by atoms with Gasteiger partial charge in [0.2, 0.25) is 23.6 Å². The second-order valence-electron chi connectivity index (χ2n) is 8.55. The Balaban J connectivity index is 1.38. The number of hydrazone groups is 1. The number of para-hydroxylation sites is 2. The summed E-state index contributed by atoms with van der Waals surface area (Å²) in [7, 11) is 0. The number of nitro groups is 2. The highest BCUT2D eigenvalue weighted by atomic mass is 16.6. The van der Waals surface area contributed by atoms with Crippen LogP contribution in [0.3, 0.4) is 0 Å². The van der Waals surface area contributed by atoms with Crippen molar-refractivity contribution in [1.29, 1.82) is 0 Å². The molecule has 0 atom stereocenters. The highest BCUT2D eigenvalue weighted by Crippen LogP contribution is 2.35. The molecule has 1 saturated heterocycles. The summed E-state index contributed by atoms with van der Waals surface area (Å²) in [5.74, 6) is 1.04. The number of aromatic nitrogens is 3. The molecule has 0 aliphatic carbocycles. The number of anilines is 4. The number of morpholine rings is 1. The average molecular weight is 558 g/mol. The molecule has 5 rings (SSSR count). The van der Waals surface area contributed by atoms with Gasteiger partial charge in [-0.1, -0.05) is 30.3 Å². The van der Waals surface area contributed by atoms with Gasteiger partial charge in [0.15, 0.2) is 0 Å². The van der Waals surface area contributed by atoms with E-state index in [9.17, 15) is 20.2 Å². The quantitative estimate of drug-likeness (QED) is 0.158. The van der Waals surface area contributed by atoms with Gasteiger partial charge >= 0.3 is 5.69 Å². The lowest BCUT2D eigenvalue weighted by Gasteiger charge is -2.27. The minimum atomic E-state index is -0.742. The van der Waals surface area contributed by atoms with E-state index in [1.807, 2.05) is 35.2 Å². The fourth-order valence-corrected chi connectivity index (χ4v) is 3.83. The lowest BCUT2D eigenvalue weighted by molar-refractivity contribution is -0.394. The summed E-state index contributed by atoms with van der Waals surface area (Å²) in [5.41, 5.74) is 3.12. The van der Waals surface area contributed by atoms with E-state index in [2.05, 4.69) is 30.8 Å². The van der Waals surface area contributed by atoms with Gasteiger partial charge in [0.05, 0.1) is 35.3 Å². The number of nitro benzene ring substituents is 2. The molecule has 2 N–H and O–H groups in total. The molecule has 0 spiro atoms. The van der Waals surface area contributed by atoms with E-state index in [1.165, 1.54) is 12.3 Å². The Morgan fingerprint density at radius 3 is 2.37 bits per heavy atom. The first-order valence-corrected chi connectivity index (χ1v) is 12.4. The van der Waals surface area contributed by atoms with Gasteiger partial charge in [-0.05, 0) is 30.3 Å². The highest BCUT2D eigenvalue weighted by molar-refractivity contribution is 5.84. The van der Waals surface area contributed by atoms with Crippen molar-refractivity contribution in [2.45, 2.75) is 0 Å². The molecule has 208 valence electrons. The summed E-state index contributed by atoms with van der Waals surface area (Å²) in [5, 5.41) is 30.0. The molecule has 3 aromatic carbocycles. The van der Waals surface area contributed by atoms with E-state index in [-0.39, 0.29) is 17.4 Å². The number of hydrogen-bond acceptors (Lipinski definition) is 13. The Hall–Kier alpha value is -5.70. The van der Waals surface area contributed by atoms with Crippen LogP contribution in [0.5, 0.6) is 11.5 Å². The third kappa shape index (κ3) is 6.85. The van der Waals surface area contributed by atoms with Gasteiger partial charge < -0.3 is 19.7 Å². The van der Waals surface area contributed by atoms with E-state index in [1.54, 1.807) is 24.3 Å². The molecule has 4 aromatic rings. The first-order chi connectivity index (χ1) is 20.0. The van der Waals surface area contributed by atoms with Crippen molar-refractivity contribution in [3.63, 3.8) is 0 Å². The maximum Gasteiger partial charge on any atom is 0.318 e. The molecule has 1 aromatic heterocycles. The highest BCUT2D eigenvalue weighted by Gasteiger charge is 2.22. The first-order valence-electron chi connectivity index (χ1n) is 12.4. The zero-order valence-electron chi connectivity index (χ0n) is 21.4. The third-order valence-corrected chi connectivity index (χ3v) is 5.80. The van der Waals surface area contributed by atoms with Crippen LogP contribution < -0.4 is 20.4 Å². The van der Waals surface area contributed by atoms with E-state index in [0.717, 1.165) is 17.8 Å². The van der Waals surface area contributed by atoms with Crippen LogP contribution in [0.2, 0.25) is 0 Å². The van der Waals surface area contributed by atoms with Crippen LogP contribution in [-0.2, 0) is 4.74 Å². The summed E-state index contributed by atoms with van der Waals surface area (Å²) in [4.78, 5) is 36.6. The zero-order valence-corrected chi connectivity index (χ0v) is 21.4. The van der Waals surface area contributed by atoms with Crippen molar-refractivity contribution in [2.75, 3.05) is 41.9 Å². The van der Waals surface area contributed by atoms with E-state index >= 15 is 0 Å². The van der Waals surface area contributed by atoms with Crippen molar-refractivity contribution in [1.82, 2.24) is 15.0 Å². The molecule has 1 aliphatic heterocycles. The summed E-state index contributed by atoms with van der Waals surface area (Å²) in [6.07, 6.45) is 1.44. The van der Waals surface area contributed by atoms with E-state index in [4.69, 9.17) is 9.47 Å². The van der Waals surface area contributed by atoms with Crippen LogP contribution >= 0.6 is 0 Å². The van der Waals surface area contributed by atoms with Gasteiger partial charge in [-0.2, -0.15) is 20.1 Å². The molecule has 0 unspecified atom stereocenters. The molecular weight excluding hydrogens is 534 g/mol. The molecule has 41 heavy (non-hydrogen) atoms. The Morgan fingerprint density at radius 2 is 1.61 bits per heavy atom. The molecule has 0 amide bonds. The van der Waals surface area contributed by atoms with Crippen LogP contribution in [0, 0.1) is 20.2 Å².